The maximum absolute atomic E-state index is 6.51. The van der Waals surface area contributed by atoms with E-state index in [1.165, 1.54) is 0 Å². The molecule has 0 fully saturated rings. The van der Waals surface area contributed by atoms with Crippen LogP contribution in [-0.2, 0) is 83.0 Å². The van der Waals surface area contributed by atoms with E-state index in [0.29, 0.717) is 208 Å². The molecule has 0 unspecified atom stereocenters. The standard InChI is InChI=1S/C64H88N4O16/c1-69-19-23-73-27-31-77-35-39-81-61-43-57-59(45-63(61)83-41-37-79-33-29-75-25-21-71-3)67(51-65(57)47-53-13-7-5-8-14-53)49-55-17-11-12-18-56(55)50-68-52-66(48-54-15-9-6-10-16-54)58-44-62(82-40-36-78-32-28-74-24-20-70-2)64(46-60(58)68)84-42-38-80-34-30-76-26-22-72-4/h5-18,43-46,51-52H,19-42,47-50H2,1-4H3/q+2. The first-order valence-electron chi connectivity index (χ1n) is 28.9. The highest BCUT2D eigenvalue weighted by molar-refractivity contribution is 5.78. The third kappa shape index (κ3) is 22.6. The lowest BCUT2D eigenvalue weighted by Gasteiger charge is -2.14. The SMILES string of the molecule is COCCOCCOCCOc1cc2c(cc1OCCOCCOCCOC)[n+](Cc1ccccc1)cn2Cc1ccccc1Cn1c[n+](Cc2ccccc2)c2cc(OCCOCCOCCOC)c(OCCOCCOCCOC)cc21. The van der Waals surface area contributed by atoms with Crippen LogP contribution < -0.4 is 28.1 Å². The minimum atomic E-state index is 0.303. The van der Waals surface area contributed by atoms with Gasteiger partial charge in [-0.25, -0.2) is 18.3 Å². The molecule has 2 aromatic heterocycles. The van der Waals surface area contributed by atoms with Crippen molar-refractivity contribution < 1.29 is 84.9 Å². The highest BCUT2D eigenvalue weighted by Crippen LogP contribution is 2.35. The van der Waals surface area contributed by atoms with Crippen LogP contribution in [0, 0.1) is 0 Å². The minimum Gasteiger partial charge on any atom is -0.487 e. The molecule has 0 aliphatic carbocycles. The van der Waals surface area contributed by atoms with E-state index in [-0.39, 0.29) is 0 Å². The topological polar surface area (TPSA) is 165 Å². The molecule has 20 nitrogen and oxygen atoms in total. The van der Waals surface area contributed by atoms with Crippen LogP contribution in [0.15, 0.2) is 122 Å². The molecule has 0 N–H and O–H groups in total. The first-order valence-corrected chi connectivity index (χ1v) is 28.9. The summed E-state index contributed by atoms with van der Waals surface area (Å²) in [4.78, 5) is 0. The predicted octanol–water partition coefficient (Wildman–Crippen LogP) is 6.60. The average molecular weight is 1170 g/mol. The summed E-state index contributed by atoms with van der Waals surface area (Å²) in [6, 6.07) is 37.8. The molecule has 0 aliphatic rings. The third-order valence-electron chi connectivity index (χ3n) is 13.2. The second-order valence-corrected chi connectivity index (χ2v) is 19.3. The van der Waals surface area contributed by atoms with Gasteiger partial charge in [-0.3, -0.25) is 0 Å². The molecule has 0 amide bonds. The fraction of sp³-hybridized carbons (Fsp3) is 0.500. The number of methoxy groups -OCH3 is 4. The van der Waals surface area contributed by atoms with Crippen LogP contribution in [0.5, 0.6) is 23.0 Å². The molecule has 7 aromatic rings. The number of ether oxygens (including phenoxy) is 16. The summed E-state index contributed by atoms with van der Waals surface area (Å²) < 4.78 is 101. The Balaban J connectivity index is 1.18. The van der Waals surface area contributed by atoms with Gasteiger partial charge in [0.05, 0.1) is 132 Å². The van der Waals surface area contributed by atoms with Gasteiger partial charge in [0.25, 0.3) is 0 Å². The predicted molar refractivity (Wildman–Crippen MR) is 316 cm³/mol. The van der Waals surface area contributed by atoms with E-state index in [2.05, 4.69) is 128 Å². The van der Waals surface area contributed by atoms with E-state index < -0.39 is 0 Å². The van der Waals surface area contributed by atoms with Crippen molar-refractivity contribution in [2.75, 3.05) is 187 Å². The zero-order valence-electron chi connectivity index (χ0n) is 49.7. The van der Waals surface area contributed by atoms with E-state index in [1.807, 2.05) is 12.1 Å². The molecule has 0 bridgehead atoms. The van der Waals surface area contributed by atoms with E-state index >= 15 is 0 Å². The molecule has 0 saturated carbocycles. The van der Waals surface area contributed by atoms with Crippen LogP contribution in [-0.4, -0.2) is 196 Å². The second-order valence-electron chi connectivity index (χ2n) is 19.3. The van der Waals surface area contributed by atoms with Gasteiger partial charge in [-0.1, -0.05) is 84.9 Å². The molecule has 0 spiro atoms. The summed E-state index contributed by atoms with van der Waals surface area (Å²) in [5, 5.41) is 0. The number of aromatic nitrogens is 4. The van der Waals surface area contributed by atoms with Gasteiger partial charge in [-0.15, -0.1) is 0 Å². The molecular formula is C64H88N4O16+2. The van der Waals surface area contributed by atoms with E-state index in [0.717, 1.165) is 44.3 Å². The lowest BCUT2D eigenvalue weighted by Crippen LogP contribution is -2.33. The van der Waals surface area contributed by atoms with Gasteiger partial charge >= 0.3 is 0 Å². The van der Waals surface area contributed by atoms with Crippen molar-refractivity contribution in [2.45, 2.75) is 26.2 Å². The minimum absolute atomic E-state index is 0.303. The normalized spacial score (nSPS) is 11.6. The smallest absolute Gasteiger partial charge is 0.245 e. The Morgan fingerprint density at radius 3 is 0.857 bits per heavy atom. The number of benzene rings is 5. The molecule has 20 heteroatoms. The van der Waals surface area contributed by atoms with E-state index in [1.54, 1.807) is 28.4 Å². The molecule has 0 saturated heterocycles. The second kappa shape index (κ2) is 39.4. The maximum atomic E-state index is 6.51. The number of hydrogen-bond acceptors (Lipinski definition) is 16. The molecule has 0 radical (unpaired) electrons. The number of hydrogen-bond donors (Lipinski definition) is 0. The van der Waals surface area contributed by atoms with Crippen molar-refractivity contribution in [1.29, 1.82) is 0 Å². The monoisotopic (exact) mass is 1170 g/mol. The van der Waals surface area contributed by atoms with E-state index in [4.69, 9.17) is 75.8 Å². The largest absolute Gasteiger partial charge is 0.487 e. The highest BCUT2D eigenvalue weighted by Gasteiger charge is 2.25. The number of nitrogens with zero attached hydrogens (tertiary/aromatic N) is 4. The quantitative estimate of drug-likeness (QED) is 0.0296. The lowest BCUT2D eigenvalue weighted by atomic mass is 10.1. The Bertz CT molecular complexity index is 2680. The zero-order chi connectivity index (χ0) is 58.5. The molecule has 84 heavy (non-hydrogen) atoms. The number of imidazole rings is 2. The van der Waals surface area contributed by atoms with Gasteiger partial charge in [0.2, 0.25) is 12.7 Å². The molecular weight excluding hydrogens is 1080 g/mol. The van der Waals surface area contributed by atoms with Crippen LogP contribution in [0.1, 0.15) is 22.3 Å². The molecule has 0 aliphatic heterocycles. The summed E-state index contributed by atoms with van der Waals surface area (Å²) in [6.07, 6.45) is 4.37. The molecule has 2 heterocycles. The van der Waals surface area contributed by atoms with Crippen LogP contribution in [0.4, 0.5) is 0 Å². The van der Waals surface area contributed by atoms with Crippen molar-refractivity contribution in [1.82, 2.24) is 9.13 Å². The summed E-state index contributed by atoms with van der Waals surface area (Å²) in [7, 11) is 6.61. The van der Waals surface area contributed by atoms with Gasteiger partial charge < -0.3 is 75.8 Å². The Morgan fingerprint density at radius 2 is 0.560 bits per heavy atom. The van der Waals surface area contributed by atoms with Gasteiger partial charge in [0.1, 0.15) is 52.6 Å². The first-order chi connectivity index (χ1) is 41.6. The Labute approximate surface area is 494 Å². The van der Waals surface area contributed by atoms with Crippen molar-refractivity contribution in [3.8, 4) is 23.0 Å². The Morgan fingerprint density at radius 1 is 0.298 bits per heavy atom. The summed E-state index contributed by atoms with van der Waals surface area (Å²) in [5.74, 6) is 2.41. The molecule has 0 atom stereocenters. The molecule has 7 rings (SSSR count). The van der Waals surface area contributed by atoms with Crippen molar-refractivity contribution in [3.63, 3.8) is 0 Å². The van der Waals surface area contributed by atoms with Gasteiger partial charge in [0, 0.05) is 63.8 Å². The average Bonchev–Trinajstić information content (AvgIpc) is 2.21. The fourth-order valence-electron chi connectivity index (χ4n) is 9.03. The molecule has 5 aromatic carbocycles. The number of rotatable bonds is 48. The summed E-state index contributed by atoms with van der Waals surface area (Å²) in [5.41, 5.74) is 8.55. The van der Waals surface area contributed by atoms with Crippen LogP contribution in [0.3, 0.4) is 0 Å². The van der Waals surface area contributed by atoms with Crippen LogP contribution in [0.2, 0.25) is 0 Å². The van der Waals surface area contributed by atoms with Crippen molar-refractivity contribution >= 4 is 22.1 Å². The highest BCUT2D eigenvalue weighted by atomic mass is 16.6. The van der Waals surface area contributed by atoms with Gasteiger partial charge in [-0.2, -0.15) is 0 Å². The van der Waals surface area contributed by atoms with Crippen molar-refractivity contribution in [3.05, 3.63) is 144 Å². The van der Waals surface area contributed by atoms with Crippen molar-refractivity contribution in [2.24, 2.45) is 0 Å². The van der Waals surface area contributed by atoms with Crippen LogP contribution in [0.25, 0.3) is 22.1 Å². The maximum Gasteiger partial charge on any atom is 0.245 e. The molecule has 458 valence electrons. The van der Waals surface area contributed by atoms with Crippen LogP contribution >= 0.6 is 0 Å². The number of fused-ring (bicyclic) bond motifs is 2. The van der Waals surface area contributed by atoms with Gasteiger partial charge in [0.15, 0.2) is 45.1 Å². The summed E-state index contributed by atoms with van der Waals surface area (Å²) in [6.45, 7) is 12.9. The van der Waals surface area contributed by atoms with E-state index in [9.17, 15) is 0 Å². The first kappa shape index (κ1) is 65.3. The lowest BCUT2D eigenvalue weighted by molar-refractivity contribution is -0.663. The fourth-order valence-corrected chi connectivity index (χ4v) is 9.03. The Kier molecular flexibility index (Phi) is 30.6. The zero-order valence-corrected chi connectivity index (χ0v) is 49.7. The Hall–Kier alpha value is -6.24. The summed E-state index contributed by atoms with van der Waals surface area (Å²) >= 11 is 0. The third-order valence-corrected chi connectivity index (χ3v) is 13.2. The van der Waals surface area contributed by atoms with Gasteiger partial charge in [-0.05, 0) is 11.1 Å².